The smallest absolute Gasteiger partial charge is 0.286 e. The molecule has 26 heavy (non-hydrogen) atoms. The Morgan fingerprint density at radius 3 is 2.31 bits per heavy atom. The van der Waals surface area contributed by atoms with Crippen LogP contribution in [-0.2, 0) is 6.42 Å². The maximum Gasteiger partial charge on any atom is 0.286 e. The van der Waals surface area contributed by atoms with E-state index in [2.05, 4.69) is 24.3 Å². The average Bonchev–Trinajstić information content (AvgIpc) is 3.21. The molecule has 1 aliphatic carbocycles. The monoisotopic (exact) mass is 345 g/mol. The molecule has 0 unspecified atom stereocenters. The zero-order valence-electron chi connectivity index (χ0n) is 14.8. The largest absolute Gasteiger partial charge is 0.425 e. The number of benzene rings is 2. The van der Waals surface area contributed by atoms with Gasteiger partial charge in [-0.1, -0.05) is 67.4 Å². The van der Waals surface area contributed by atoms with Gasteiger partial charge in [0.25, 0.3) is 5.56 Å². The minimum absolute atomic E-state index is 0.361. The third-order valence-electron chi connectivity index (χ3n) is 5.38. The molecule has 2 aromatic carbocycles. The highest BCUT2D eigenvalue weighted by Crippen LogP contribution is 2.34. The quantitative estimate of drug-likeness (QED) is 0.676. The maximum atomic E-state index is 12.3. The second kappa shape index (κ2) is 7.20. The molecule has 3 heteroatoms. The molecule has 0 radical (unpaired) electrons. The first-order valence-corrected chi connectivity index (χ1v) is 9.30. The molecule has 0 aliphatic heterocycles. The Morgan fingerprint density at radius 1 is 0.923 bits per heavy atom. The predicted octanol–water partition coefficient (Wildman–Crippen LogP) is 5.00. The highest BCUT2D eigenvalue weighted by atomic mass is 16.5. The van der Waals surface area contributed by atoms with E-state index in [1.165, 1.54) is 37.4 Å². The van der Waals surface area contributed by atoms with Crippen molar-refractivity contribution in [2.24, 2.45) is 0 Å². The fraction of sp³-hybridized carbons (Fsp3) is 0.261. The summed E-state index contributed by atoms with van der Waals surface area (Å²) in [5.74, 6) is 0.685. The zero-order chi connectivity index (χ0) is 17.9. The van der Waals surface area contributed by atoms with Gasteiger partial charge in [0.2, 0.25) is 0 Å². The van der Waals surface area contributed by atoms with Crippen LogP contribution in [0.4, 0.5) is 0 Å². The van der Waals surface area contributed by atoms with Gasteiger partial charge < -0.3 is 5.21 Å². The van der Waals surface area contributed by atoms with Crippen molar-refractivity contribution in [3.63, 3.8) is 0 Å². The van der Waals surface area contributed by atoms with E-state index in [4.69, 9.17) is 0 Å². The predicted molar refractivity (Wildman–Crippen MR) is 104 cm³/mol. The lowest BCUT2D eigenvalue weighted by molar-refractivity contribution is 0.174. The Morgan fingerprint density at radius 2 is 1.62 bits per heavy atom. The third-order valence-corrected chi connectivity index (χ3v) is 5.38. The van der Waals surface area contributed by atoms with E-state index in [0.717, 1.165) is 16.7 Å². The van der Waals surface area contributed by atoms with Crippen LogP contribution in [-0.4, -0.2) is 9.94 Å². The van der Waals surface area contributed by atoms with E-state index in [0.29, 0.717) is 22.6 Å². The lowest BCUT2D eigenvalue weighted by Gasteiger charge is -2.11. The fourth-order valence-corrected chi connectivity index (χ4v) is 3.93. The normalized spacial score (nSPS) is 14.6. The molecule has 0 spiro atoms. The highest BCUT2D eigenvalue weighted by Gasteiger charge is 2.17. The van der Waals surface area contributed by atoms with E-state index in [1.807, 2.05) is 36.4 Å². The SMILES string of the molecule is O=c1c(Cc2ccccc2)cc(-c2ccc(C3CCCC3)cc2)cn1O. The van der Waals surface area contributed by atoms with E-state index in [-0.39, 0.29) is 5.56 Å². The van der Waals surface area contributed by atoms with Gasteiger partial charge in [-0.25, -0.2) is 0 Å². The van der Waals surface area contributed by atoms with Crippen molar-refractivity contribution >= 4 is 0 Å². The number of pyridine rings is 1. The summed E-state index contributed by atoms with van der Waals surface area (Å²) < 4.78 is 0.707. The summed E-state index contributed by atoms with van der Waals surface area (Å²) in [6.07, 6.45) is 7.22. The van der Waals surface area contributed by atoms with Crippen LogP contribution in [0.1, 0.15) is 48.3 Å². The van der Waals surface area contributed by atoms with Crippen molar-refractivity contribution in [3.05, 3.63) is 93.9 Å². The number of hydrogen-bond acceptors (Lipinski definition) is 2. The first-order valence-electron chi connectivity index (χ1n) is 9.30. The van der Waals surface area contributed by atoms with Gasteiger partial charge in [-0.15, -0.1) is 0 Å². The Bertz CT molecular complexity index is 936. The molecule has 3 nitrogen and oxygen atoms in total. The summed E-state index contributed by atoms with van der Waals surface area (Å²) in [4.78, 5) is 12.3. The molecule has 0 amide bonds. The molecule has 4 rings (SSSR count). The zero-order valence-corrected chi connectivity index (χ0v) is 14.8. The van der Waals surface area contributed by atoms with Crippen LogP contribution in [0.5, 0.6) is 0 Å². The van der Waals surface area contributed by atoms with Crippen LogP contribution >= 0.6 is 0 Å². The topological polar surface area (TPSA) is 42.2 Å². The molecule has 1 fully saturated rings. The van der Waals surface area contributed by atoms with Gasteiger partial charge in [0, 0.05) is 17.5 Å². The Hall–Kier alpha value is -2.81. The number of nitrogens with zero attached hydrogens (tertiary/aromatic N) is 1. The Balaban J connectivity index is 1.65. The molecule has 1 heterocycles. The molecule has 0 bridgehead atoms. The summed E-state index contributed by atoms with van der Waals surface area (Å²) in [6, 6.07) is 20.3. The molecular formula is C23H23NO2. The minimum Gasteiger partial charge on any atom is -0.425 e. The average molecular weight is 345 g/mol. The maximum absolute atomic E-state index is 12.3. The summed E-state index contributed by atoms with van der Waals surface area (Å²) in [7, 11) is 0. The van der Waals surface area contributed by atoms with Crippen molar-refractivity contribution in [1.82, 2.24) is 4.73 Å². The van der Waals surface area contributed by atoms with Gasteiger partial charge in [-0.05, 0) is 41.5 Å². The lowest BCUT2D eigenvalue weighted by Crippen LogP contribution is -2.21. The standard InChI is InChI=1S/C23H23NO2/c25-23-21(14-17-6-2-1-3-7-17)15-22(16-24(23)26)20-12-10-19(11-13-20)18-8-4-5-9-18/h1-3,6-7,10-13,15-16,18,26H,4-5,8-9,14H2. The van der Waals surface area contributed by atoms with Crippen LogP contribution in [0.25, 0.3) is 11.1 Å². The van der Waals surface area contributed by atoms with Crippen molar-refractivity contribution in [1.29, 1.82) is 0 Å². The molecule has 1 N–H and O–H groups in total. The lowest BCUT2D eigenvalue weighted by atomic mass is 9.95. The molecular weight excluding hydrogens is 322 g/mol. The fourth-order valence-electron chi connectivity index (χ4n) is 3.93. The summed E-state index contributed by atoms with van der Waals surface area (Å²) in [5.41, 5.74) is 4.56. The van der Waals surface area contributed by atoms with Crippen molar-refractivity contribution in [2.75, 3.05) is 0 Å². The molecule has 0 saturated heterocycles. The molecule has 3 aromatic rings. The molecule has 1 aliphatic rings. The first-order chi connectivity index (χ1) is 12.7. The van der Waals surface area contributed by atoms with Crippen molar-refractivity contribution in [2.45, 2.75) is 38.0 Å². The van der Waals surface area contributed by atoms with E-state index >= 15 is 0 Å². The van der Waals surface area contributed by atoms with Gasteiger partial charge in [-0.3, -0.25) is 4.79 Å². The van der Waals surface area contributed by atoms with Gasteiger partial charge in [0.15, 0.2) is 0 Å². The van der Waals surface area contributed by atoms with Gasteiger partial charge in [0.05, 0.1) is 6.20 Å². The summed E-state index contributed by atoms with van der Waals surface area (Å²) in [6.45, 7) is 0. The Kier molecular flexibility index (Phi) is 4.61. The van der Waals surface area contributed by atoms with E-state index < -0.39 is 0 Å². The number of aromatic nitrogens is 1. The van der Waals surface area contributed by atoms with Crippen LogP contribution < -0.4 is 5.56 Å². The third kappa shape index (κ3) is 3.43. The van der Waals surface area contributed by atoms with E-state index in [9.17, 15) is 10.0 Å². The van der Waals surface area contributed by atoms with Crippen LogP contribution in [0.3, 0.4) is 0 Å². The highest BCUT2D eigenvalue weighted by molar-refractivity contribution is 5.63. The van der Waals surface area contributed by atoms with Crippen molar-refractivity contribution in [3.8, 4) is 11.1 Å². The Labute approximate surface area is 153 Å². The first kappa shape index (κ1) is 16.6. The number of rotatable bonds is 4. The molecule has 0 atom stereocenters. The van der Waals surface area contributed by atoms with Crippen LogP contribution in [0.15, 0.2) is 71.7 Å². The molecule has 1 saturated carbocycles. The van der Waals surface area contributed by atoms with Crippen LogP contribution in [0.2, 0.25) is 0 Å². The van der Waals surface area contributed by atoms with Gasteiger partial charge in [0.1, 0.15) is 0 Å². The van der Waals surface area contributed by atoms with E-state index in [1.54, 1.807) is 0 Å². The second-order valence-corrected chi connectivity index (χ2v) is 7.17. The summed E-state index contributed by atoms with van der Waals surface area (Å²) >= 11 is 0. The molecule has 132 valence electrons. The van der Waals surface area contributed by atoms with Gasteiger partial charge >= 0.3 is 0 Å². The minimum atomic E-state index is -0.361. The number of hydrogen-bond donors (Lipinski definition) is 1. The van der Waals surface area contributed by atoms with Crippen LogP contribution in [0, 0.1) is 0 Å². The second-order valence-electron chi connectivity index (χ2n) is 7.17. The molecule has 1 aromatic heterocycles. The van der Waals surface area contributed by atoms with Gasteiger partial charge in [-0.2, -0.15) is 4.73 Å². The van der Waals surface area contributed by atoms with Crippen molar-refractivity contribution < 1.29 is 5.21 Å². The summed E-state index contributed by atoms with van der Waals surface area (Å²) in [5, 5.41) is 10.1.